The molecule has 3 rings (SSSR count). The molecular formula is C17H19ClN2O2S. The van der Waals surface area contributed by atoms with Crippen molar-refractivity contribution in [3.05, 3.63) is 52.4 Å². The van der Waals surface area contributed by atoms with Gasteiger partial charge in [-0.3, -0.25) is 4.79 Å². The summed E-state index contributed by atoms with van der Waals surface area (Å²) in [6.45, 7) is 2.67. The van der Waals surface area contributed by atoms with Crippen LogP contribution >= 0.6 is 23.4 Å². The van der Waals surface area contributed by atoms with E-state index in [-0.39, 0.29) is 11.9 Å². The molecule has 1 aromatic heterocycles. The molecule has 1 aromatic carbocycles. The average molecular weight is 351 g/mol. The Bertz CT molecular complexity index is 689. The third-order valence-electron chi connectivity index (χ3n) is 4.00. The number of benzene rings is 1. The second-order valence-corrected chi connectivity index (χ2v) is 7.08. The molecule has 1 atom stereocenters. The number of rotatable bonds is 5. The third-order valence-corrected chi connectivity index (χ3v) is 5.34. The van der Waals surface area contributed by atoms with E-state index in [4.69, 9.17) is 16.1 Å². The molecular weight excluding hydrogens is 332 g/mol. The number of hydrogen-bond acceptors (Lipinski definition) is 4. The monoisotopic (exact) mass is 350 g/mol. The van der Waals surface area contributed by atoms with Crippen LogP contribution in [0.5, 0.6) is 0 Å². The zero-order valence-electron chi connectivity index (χ0n) is 13.0. The Kier molecular flexibility index (Phi) is 5.28. The number of aromatic nitrogens is 1. The smallest absolute Gasteiger partial charge is 0.233 e. The van der Waals surface area contributed by atoms with Crippen molar-refractivity contribution in [3.8, 4) is 0 Å². The molecule has 2 heterocycles. The van der Waals surface area contributed by atoms with Crippen molar-refractivity contribution in [2.45, 2.75) is 31.6 Å². The summed E-state index contributed by atoms with van der Waals surface area (Å²) in [6.07, 6.45) is 1.96. The molecule has 1 saturated heterocycles. The van der Waals surface area contributed by atoms with Crippen molar-refractivity contribution in [3.63, 3.8) is 0 Å². The second kappa shape index (κ2) is 7.41. The first kappa shape index (κ1) is 16.4. The summed E-state index contributed by atoms with van der Waals surface area (Å²) in [5, 5.41) is 4.83. The lowest BCUT2D eigenvalue weighted by atomic mass is 10.1. The minimum atomic E-state index is 0.0564. The third kappa shape index (κ3) is 3.90. The number of hydrogen-bond donors (Lipinski definition) is 0. The van der Waals surface area contributed by atoms with Crippen LogP contribution in [0.1, 0.15) is 35.9 Å². The van der Waals surface area contributed by atoms with Gasteiger partial charge in [-0.2, -0.15) is 0 Å². The van der Waals surface area contributed by atoms with E-state index in [0.29, 0.717) is 5.75 Å². The topological polar surface area (TPSA) is 46.3 Å². The molecule has 1 fully saturated rings. The van der Waals surface area contributed by atoms with Crippen molar-refractivity contribution in [2.75, 3.05) is 12.3 Å². The molecule has 1 amide bonds. The number of aryl methyl sites for hydroxylation is 1. The van der Waals surface area contributed by atoms with Gasteiger partial charge in [-0.05, 0) is 31.4 Å². The molecule has 1 aliphatic rings. The van der Waals surface area contributed by atoms with Crippen LogP contribution in [-0.2, 0) is 10.5 Å². The highest BCUT2D eigenvalue weighted by molar-refractivity contribution is 7.99. The van der Waals surface area contributed by atoms with Gasteiger partial charge in [0.15, 0.2) is 0 Å². The Morgan fingerprint density at radius 2 is 2.30 bits per heavy atom. The highest BCUT2D eigenvalue weighted by Crippen LogP contribution is 2.32. The van der Waals surface area contributed by atoms with Crippen LogP contribution in [0.15, 0.2) is 34.9 Å². The summed E-state index contributed by atoms with van der Waals surface area (Å²) in [5.74, 6) is 2.14. The van der Waals surface area contributed by atoms with Crippen LogP contribution in [0.4, 0.5) is 0 Å². The number of carbonyl (C=O) groups is 1. The van der Waals surface area contributed by atoms with E-state index in [1.54, 1.807) is 11.8 Å². The number of amides is 1. The molecule has 0 bridgehead atoms. The quantitative estimate of drug-likeness (QED) is 0.809. The van der Waals surface area contributed by atoms with Crippen molar-refractivity contribution in [2.24, 2.45) is 0 Å². The van der Waals surface area contributed by atoms with Crippen molar-refractivity contribution < 1.29 is 9.32 Å². The van der Waals surface area contributed by atoms with Gasteiger partial charge in [-0.1, -0.05) is 35.0 Å². The van der Waals surface area contributed by atoms with Gasteiger partial charge in [0, 0.05) is 23.4 Å². The first-order valence-corrected chi connectivity index (χ1v) is 9.22. The summed E-state index contributed by atoms with van der Waals surface area (Å²) < 4.78 is 5.15. The summed E-state index contributed by atoms with van der Waals surface area (Å²) in [4.78, 5) is 14.5. The van der Waals surface area contributed by atoms with Crippen molar-refractivity contribution in [1.82, 2.24) is 10.1 Å². The maximum atomic E-state index is 12.5. The zero-order chi connectivity index (χ0) is 16.2. The van der Waals surface area contributed by atoms with Gasteiger partial charge < -0.3 is 9.42 Å². The van der Waals surface area contributed by atoms with Gasteiger partial charge in [-0.15, -0.1) is 11.8 Å². The Balaban J connectivity index is 1.56. The molecule has 0 aliphatic carbocycles. The van der Waals surface area contributed by atoms with Crippen LogP contribution in [0.25, 0.3) is 0 Å². The Morgan fingerprint density at radius 3 is 3.04 bits per heavy atom. The predicted octanol–water partition coefficient (Wildman–Crippen LogP) is 4.23. The highest BCUT2D eigenvalue weighted by atomic mass is 35.5. The molecule has 23 heavy (non-hydrogen) atoms. The van der Waals surface area contributed by atoms with E-state index in [2.05, 4.69) is 5.16 Å². The van der Waals surface area contributed by atoms with E-state index in [1.807, 2.05) is 42.2 Å². The van der Waals surface area contributed by atoms with E-state index in [1.165, 1.54) is 0 Å². The standard InChI is InChI=1S/C17H19ClN2O2S/c1-12-9-15(19-22-12)16-7-4-8-20(16)17(21)11-23-10-13-5-2-3-6-14(13)18/h2-3,5-6,9,16H,4,7-8,10-11H2,1H3/t16-/m1/s1. The predicted molar refractivity (Wildman–Crippen MR) is 92.5 cm³/mol. The molecule has 0 unspecified atom stereocenters. The van der Waals surface area contributed by atoms with E-state index >= 15 is 0 Å². The van der Waals surface area contributed by atoms with Crippen molar-refractivity contribution in [1.29, 1.82) is 0 Å². The summed E-state index contributed by atoms with van der Waals surface area (Å²) in [7, 11) is 0. The number of nitrogens with zero attached hydrogens (tertiary/aromatic N) is 2. The number of halogens is 1. The van der Waals surface area contributed by atoms with Gasteiger partial charge >= 0.3 is 0 Å². The number of likely N-dealkylation sites (tertiary alicyclic amines) is 1. The summed E-state index contributed by atoms with van der Waals surface area (Å²) in [5.41, 5.74) is 1.93. The van der Waals surface area contributed by atoms with Crippen LogP contribution in [-0.4, -0.2) is 28.3 Å². The number of thioether (sulfide) groups is 1. The van der Waals surface area contributed by atoms with Gasteiger partial charge in [0.1, 0.15) is 11.5 Å². The Labute approximate surface area is 145 Å². The van der Waals surface area contributed by atoms with Crippen LogP contribution in [0.3, 0.4) is 0 Å². The second-order valence-electron chi connectivity index (χ2n) is 5.69. The largest absolute Gasteiger partial charge is 0.361 e. The van der Waals surface area contributed by atoms with Gasteiger partial charge in [0.25, 0.3) is 0 Å². The minimum absolute atomic E-state index is 0.0564. The molecule has 0 spiro atoms. The van der Waals surface area contributed by atoms with Crippen LogP contribution in [0.2, 0.25) is 5.02 Å². The lowest BCUT2D eigenvalue weighted by Crippen LogP contribution is -2.32. The van der Waals surface area contributed by atoms with Crippen molar-refractivity contribution >= 4 is 29.3 Å². The highest BCUT2D eigenvalue weighted by Gasteiger charge is 2.31. The Morgan fingerprint density at radius 1 is 1.48 bits per heavy atom. The molecule has 6 heteroatoms. The molecule has 0 saturated carbocycles. The first-order chi connectivity index (χ1) is 11.1. The fraction of sp³-hybridized carbons (Fsp3) is 0.412. The normalized spacial score (nSPS) is 17.7. The summed E-state index contributed by atoms with van der Waals surface area (Å²) >= 11 is 7.74. The zero-order valence-corrected chi connectivity index (χ0v) is 14.6. The first-order valence-electron chi connectivity index (χ1n) is 7.69. The molecule has 4 nitrogen and oxygen atoms in total. The number of carbonyl (C=O) groups excluding carboxylic acids is 1. The van der Waals surface area contributed by atoms with Crippen LogP contribution in [0, 0.1) is 6.92 Å². The van der Waals surface area contributed by atoms with Gasteiger partial charge in [0.2, 0.25) is 5.91 Å². The van der Waals surface area contributed by atoms with Gasteiger partial charge in [-0.25, -0.2) is 0 Å². The fourth-order valence-electron chi connectivity index (χ4n) is 2.86. The molecule has 1 aliphatic heterocycles. The van der Waals surface area contributed by atoms with E-state index in [0.717, 1.165) is 47.2 Å². The maximum absolute atomic E-state index is 12.5. The van der Waals surface area contributed by atoms with Crippen LogP contribution < -0.4 is 0 Å². The molecule has 2 aromatic rings. The lowest BCUT2D eigenvalue weighted by Gasteiger charge is -2.22. The Hall–Kier alpha value is -1.46. The molecule has 122 valence electrons. The van der Waals surface area contributed by atoms with E-state index in [9.17, 15) is 4.79 Å². The fourth-order valence-corrected chi connectivity index (χ4v) is 4.06. The summed E-state index contributed by atoms with van der Waals surface area (Å²) in [6, 6.07) is 9.73. The molecule has 0 N–H and O–H groups in total. The van der Waals surface area contributed by atoms with E-state index < -0.39 is 0 Å². The maximum Gasteiger partial charge on any atom is 0.233 e. The van der Waals surface area contributed by atoms with Gasteiger partial charge in [0.05, 0.1) is 11.8 Å². The SMILES string of the molecule is Cc1cc([C@H]2CCCN2C(=O)CSCc2ccccc2Cl)no1. The molecule has 0 radical (unpaired) electrons. The minimum Gasteiger partial charge on any atom is -0.361 e. The average Bonchev–Trinajstić information content (AvgIpc) is 3.17. The lowest BCUT2D eigenvalue weighted by molar-refractivity contribution is -0.129.